The van der Waals surface area contributed by atoms with Gasteiger partial charge in [0.25, 0.3) is 11.8 Å². The molecule has 0 unspecified atom stereocenters. The van der Waals surface area contributed by atoms with Crippen molar-refractivity contribution in [3.63, 3.8) is 0 Å². The van der Waals surface area contributed by atoms with Crippen LogP contribution in [0.2, 0.25) is 0 Å². The molecule has 0 saturated carbocycles. The number of hydrogen-bond acceptors (Lipinski definition) is 5. The zero-order valence-electron chi connectivity index (χ0n) is 16.3. The maximum absolute atomic E-state index is 13.2. The van der Waals surface area contributed by atoms with E-state index < -0.39 is 23.4 Å². The van der Waals surface area contributed by atoms with Gasteiger partial charge in [-0.05, 0) is 45.0 Å². The second kappa shape index (κ2) is 10.3. The van der Waals surface area contributed by atoms with Crippen LogP contribution < -0.4 is 25.1 Å². The molecule has 0 saturated heterocycles. The molecule has 2 aromatic rings. The largest absolute Gasteiger partial charge is 0.490 e. The summed E-state index contributed by atoms with van der Waals surface area (Å²) in [6.07, 6.45) is 0. The summed E-state index contributed by atoms with van der Waals surface area (Å²) in [6, 6.07) is 5.23. The third kappa shape index (κ3) is 5.81. The minimum absolute atomic E-state index is 0.131. The Morgan fingerprint density at radius 2 is 1.14 bits per heavy atom. The van der Waals surface area contributed by atoms with Gasteiger partial charge < -0.3 is 14.2 Å². The molecule has 2 amide bonds. The lowest BCUT2D eigenvalue weighted by Gasteiger charge is -2.17. The van der Waals surface area contributed by atoms with Crippen LogP contribution >= 0.6 is 0 Å². The molecule has 0 aromatic heterocycles. The molecule has 0 bridgehead atoms. The predicted octanol–water partition coefficient (Wildman–Crippen LogP) is 3.24. The maximum atomic E-state index is 13.2. The van der Waals surface area contributed by atoms with Crippen LogP contribution in [0.5, 0.6) is 17.2 Å². The van der Waals surface area contributed by atoms with Gasteiger partial charge in [-0.25, -0.2) is 8.78 Å². The van der Waals surface area contributed by atoms with Crippen molar-refractivity contribution in [1.82, 2.24) is 10.9 Å². The molecule has 0 fully saturated rings. The van der Waals surface area contributed by atoms with Crippen molar-refractivity contribution in [2.75, 3.05) is 19.8 Å². The van der Waals surface area contributed by atoms with E-state index in [1.54, 1.807) is 20.8 Å². The van der Waals surface area contributed by atoms with Crippen LogP contribution in [-0.4, -0.2) is 31.6 Å². The third-order valence-corrected chi connectivity index (χ3v) is 3.59. The Kier molecular flexibility index (Phi) is 7.76. The Balaban J connectivity index is 2.21. The van der Waals surface area contributed by atoms with Gasteiger partial charge in [0.2, 0.25) is 5.75 Å². The number of carbonyl (C=O) groups is 2. The minimum atomic E-state index is -0.907. The fourth-order valence-corrected chi connectivity index (χ4v) is 2.46. The van der Waals surface area contributed by atoms with Crippen molar-refractivity contribution in [3.05, 3.63) is 53.1 Å². The van der Waals surface area contributed by atoms with E-state index in [0.29, 0.717) is 43.1 Å². The van der Waals surface area contributed by atoms with Gasteiger partial charge >= 0.3 is 0 Å². The van der Waals surface area contributed by atoms with Crippen LogP contribution in [0.4, 0.5) is 8.78 Å². The van der Waals surface area contributed by atoms with Gasteiger partial charge in [-0.15, -0.1) is 0 Å². The fraction of sp³-hybridized carbons (Fsp3) is 0.300. The van der Waals surface area contributed by atoms with Crippen molar-refractivity contribution < 1.29 is 32.6 Å². The number of rotatable bonds is 8. The molecule has 7 nitrogen and oxygen atoms in total. The highest BCUT2D eigenvalue weighted by Gasteiger charge is 2.19. The van der Waals surface area contributed by atoms with Gasteiger partial charge in [-0.1, -0.05) is 0 Å². The van der Waals surface area contributed by atoms with E-state index in [0.717, 1.165) is 12.1 Å². The van der Waals surface area contributed by atoms with Crippen molar-refractivity contribution >= 4 is 11.8 Å². The molecule has 2 rings (SSSR count). The molecule has 0 heterocycles. The molecule has 156 valence electrons. The van der Waals surface area contributed by atoms with Crippen LogP contribution in [0.3, 0.4) is 0 Å². The Hall–Kier alpha value is -3.36. The molecule has 9 heteroatoms. The van der Waals surface area contributed by atoms with E-state index in [9.17, 15) is 18.4 Å². The van der Waals surface area contributed by atoms with E-state index in [-0.39, 0.29) is 11.1 Å². The number of benzene rings is 2. The summed E-state index contributed by atoms with van der Waals surface area (Å²) in [5.74, 6) is -2.38. The van der Waals surface area contributed by atoms with Gasteiger partial charge in [-0.3, -0.25) is 20.4 Å². The lowest BCUT2D eigenvalue weighted by atomic mass is 10.1. The first kappa shape index (κ1) is 21.9. The number of amides is 2. The average Bonchev–Trinajstić information content (AvgIpc) is 2.67. The molecule has 2 aromatic carbocycles. The second-order valence-electron chi connectivity index (χ2n) is 5.67. The molecular weight excluding hydrogens is 386 g/mol. The zero-order chi connectivity index (χ0) is 21.4. The van der Waals surface area contributed by atoms with Crippen LogP contribution in [0.15, 0.2) is 30.3 Å². The van der Waals surface area contributed by atoms with Crippen LogP contribution in [0, 0.1) is 11.6 Å². The summed E-state index contributed by atoms with van der Waals surface area (Å²) < 4.78 is 43.1. The number of hydrogen-bond donors (Lipinski definition) is 2. The smallest absolute Gasteiger partial charge is 0.269 e. The van der Waals surface area contributed by atoms with E-state index in [1.165, 1.54) is 12.1 Å². The second-order valence-corrected chi connectivity index (χ2v) is 5.67. The first-order valence-electron chi connectivity index (χ1n) is 9.02. The third-order valence-electron chi connectivity index (χ3n) is 3.59. The standard InChI is InChI=1S/C20H22F2N2O5/c1-4-27-16-9-13(10-17(28-5-2)18(16)29-6-3)20(26)24-23-19(25)12-7-14(21)11-15(22)8-12/h7-11H,4-6H2,1-3H3,(H,23,25)(H,24,26). The molecule has 0 atom stereocenters. The number of carbonyl (C=O) groups excluding carboxylic acids is 2. The molecule has 0 spiro atoms. The summed E-state index contributed by atoms with van der Waals surface area (Å²) in [4.78, 5) is 24.5. The quantitative estimate of drug-likeness (QED) is 0.655. The number of ether oxygens (including phenoxy) is 3. The summed E-state index contributed by atoms with van der Waals surface area (Å²) in [5, 5.41) is 0. The van der Waals surface area contributed by atoms with Crippen LogP contribution in [-0.2, 0) is 0 Å². The Morgan fingerprint density at radius 1 is 0.724 bits per heavy atom. The first-order valence-corrected chi connectivity index (χ1v) is 9.02. The Bertz CT molecular complexity index is 842. The normalized spacial score (nSPS) is 10.2. The summed E-state index contributed by atoms with van der Waals surface area (Å²) in [6.45, 7) is 6.39. The van der Waals surface area contributed by atoms with E-state index in [1.807, 2.05) is 0 Å². The van der Waals surface area contributed by atoms with Gasteiger partial charge in [0, 0.05) is 17.2 Å². The molecule has 2 N–H and O–H groups in total. The molecule has 0 radical (unpaired) electrons. The van der Waals surface area contributed by atoms with Crippen molar-refractivity contribution in [1.29, 1.82) is 0 Å². The molecule has 0 aliphatic heterocycles. The summed E-state index contributed by atoms with van der Waals surface area (Å²) in [5.41, 5.74) is 4.15. The Morgan fingerprint density at radius 3 is 1.55 bits per heavy atom. The SMILES string of the molecule is CCOc1cc(C(=O)NNC(=O)c2cc(F)cc(F)c2)cc(OCC)c1OCC. The Labute approximate surface area is 166 Å². The topological polar surface area (TPSA) is 85.9 Å². The van der Waals surface area contributed by atoms with E-state index in [4.69, 9.17) is 14.2 Å². The van der Waals surface area contributed by atoms with E-state index in [2.05, 4.69) is 10.9 Å². The molecule has 0 aliphatic rings. The van der Waals surface area contributed by atoms with Gasteiger partial charge in [0.1, 0.15) is 11.6 Å². The molecule has 0 aliphatic carbocycles. The lowest BCUT2D eigenvalue weighted by Crippen LogP contribution is -2.41. The molecular formula is C20H22F2N2O5. The van der Waals surface area contributed by atoms with Crippen molar-refractivity contribution in [3.8, 4) is 17.2 Å². The monoisotopic (exact) mass is 408 g/mol. The van der Waals surface area contributed by atoms with Crippen molar-refractivity contribution in [2.45, 2.75) is 20.8 Å². The van der Waals surface area contributed by atoms with Gasteiger partial charge in [0.15, 0.2) is 11.5 Å². The maximum Gasteiger partial charge on any atom is 0.269 e. The van der Waals surface area contributed by atoms with Crippen molar-refractivity contribution in [2.24, 2.45) is 0 Å². The van der Waals surface area contributed by atoms with E-state index >= 15 is 0 Å². The van der Waals surface area contributed by atoms with Gasteiger partial charge in [-0.2, -0.15) is 0 Å². The van der Waals surface area contributed by atoms with Gasteiger partial charge in [0.05, 0.1) is 19.8 Å². The minimum Gasteiger partial charge on any atom is -0.490 e. The molecule has 29 heavy (non-hydrogen) atoms. The lowest BCUT2D eigenvalue weighted by molar-refractivity contribution is 0.0846. The first-order chi connectivity index (χ1) is 13.9. The van der Waals surface area contributed by atoms with Crippen LogP contribution in [0.1, 0.15) is 41.5 Å². The number of hydrazine groups is 1. The highest BCUT2D eigenvalue weighted by atomic mass is 19.1. The number of halogens is 2. The van der Waals surface area contributed by atoms with Crippen LogP contribution in [0.25, 0.3) is 0 Å². The highest BCUT2D eigenvalue weighted by Crippen LogP contribution is 2.39. The average molecular weight is 408 g/mol. The zero-order valence-corrected chi connectivity index (χ0v) is 16.3. The summed E-state index contributed by atoms with van der Waals surface area (Å²) >= 11 is 0. The predicted molar refractivity (Wildman–Crippen MR) is 101 cm³/mol. The highest BCUT2D eigenvalue weighted by molar-refractivity contribution is 5.99. The fourth-order valence-electron chi connectivity index (χ4n) is 2.46. The summed E-state index contributed by atoms with van der Waals surface area (Å²) in [7, 11) is 0. The number of nitrogens with one attached hydrogen (secondary N) is 2.